The summed E-state index contributed by atoms with van der Waals surface area (Å²) in [7, 11) is 0. The van der Waals surface area contributed by atoms with Crippen LogP contribution in [0.25, 0.3) is 0 Å². The topological polar surface area (TPSA) is 0 Å². The van der Waals surface area contributed by atoms with Gasteiger partial charge in [-0.05, 0) is 42.7 Å². The Bertz CT molecular complexity index is 576. The second-order valence-corrected chi connectivity index (χ2v) is 5.31. The first-order chi connectivity index (χ1) is 8.99. The number of rotatable bonds is 3. The number of aryl methyl sites for hydroxylation is 1. The van der Waals surface area contributed by atoms with E-state index < -0.39 is 11.2 Å². The number of halogens is 4. The van der Waals surface area contributed by atoms with Crippen molar-refractivity contribution in [1.29, 1.82) is 0 Å². The summed E-state index contributed by atoms with van der Waals surface area (Å²) in [6.45, 7) is 1.68. The van der Waals surface area contributed by atoms with Crippen LogP contribution in [0.2, 0.25) is 5.02 Å². The number of benzene rings is 2. The van der Waals surface area contributed by atoms with Crippen molar-refractivity contribution in [3.8, 4) is 0 Å². The van der Waals surface area contributed by atoms with Gasteiger partial charge in [-0.2, -0.15) is 0 Å². The molecular weight excluding hydrogens is 289 g/mol. The van der Waals surface area contributed by atoms with Gasteiger partial charge in [0.15, 0.2) is 0 Å². The minimum atomic E-state index is -0.524. The molecule has 4 heteroatoms. The Morgan fingerprint density at radius 2 is 1.84 bits per heavy atom. The maximum absolute atomic E-state index is 13.7. The SMILES string of the molecule is Cc1ccc(C(Cl)Cc2c(F)cccc2Cl)cc1F. The molecule has 1 atom stereocenters. The summed E-state index contributed by atoms with van der Waals surface area (Å²) in [6, 6.07) is 9.26. The number of hydrogen-bond donors (Lipinski definition) is 0. The Balaban J connectivity index is 2.25. The van der Waals surface area contributed by atoms with Gasteiger partial charge in [0, 0.05) is 10.6 Å². The third-order valence-corrected chi connectivity index (χ3v) is 3.76. The highest BCUT2D eigenvalue weighted by molar-refractivity contribution is 6.31. The molecule has 0 radical (unpaired) electrons. The van der Waals surface area contributed by atoms with Gasteiger partial charge < -0.3 is 0 Å². The fourth-order valence-electron chi connectivity index (χ4n) is 1.83. The lowest BCUT2D eigenvalue weighted by atomic mass is 10.0. The van der Waals surface area contributed by atoms with Crippen LogP contribution >= 0.6 is 23.2 Å². The van der Waals surface area contributed by atoms with Crippen LogP contribution in [0.3, 0.4) is 0 Å². The van der Waals surface area contributed by atoms with Crippen molar-refractivity contribution in [2.24, 2.45) is 0 Å². The molecule has 0 saturated carbocycles. The maximum atomic E-state index is 13.7. The third kappa shape index (κ3) is 3.26. The fourth-order valence-corrected chi connectivity index (χ4v) is 2.36. The van der Waals surface area contributed by atoms with E-state index in [1.165, 1.54) is 18.2 Å². The van der Waals surface area contributed by atoms with E-state index in [4.69, 9.17) is 23.2 Å². The van der Waals surface area contributed by atoms with E-state index in [-0.39, 0.29) is 12.2 Å². The summed E-state index contributed by atoms with van der Waals surface area (Å²) in [5.41, 5.74) is 1.52. The van der Waals surface area contributed by atoms with Crippen LogP contribution in [0.4, 0.5) is 8.78 Å². The molecule has 0 aliphatic rings. The highest BCUT2D eigenvalue weighted by atomic mass is 35.5. The standard InChI is InChI=1S/C15H12Cl2F2/c1-9-5-6-10(7-15(9)19)13(17)8-11-12(16)3-2-4-14(11)18/h2-7,13H,8H2,1H3. The first-order valence-corrected chi connectivity index (χ1v) is 6.63. The Labute approximate surface area is 121 Å². The van der Waals surface area contributed by atoms with Crippen molar-refractivity contribution < 1.29 is 8.78 Å². The van der Waals surface area contributed by atoms with Crippen LogP contribution in [-0.4, -0.2) is 0 Å². The van der Waals surface area contributed by atoms with Crippen LogP contribution in [0, 0.1) is 18.6 Å². The van der Waals surface area contributed by atoms with Crippen LogP contribution < -0.4 is 0 Å². The third-order valence-electron chi connectivity index (χ3n) is 3.00. The van der Waals surface area contributed by atoms with E-state index in [0.29, 0.717) is 21.7 Å². The van der Waals surface area contributed by atoms with E-state index in [1.807, 2.05) is 0 Å². The van der Waals surface area contributed by atoms with Gasteiger partial charge in [0.05, 0.1) is 5.38 Å². The molecule has 100 valence electrons. The highest BCUT2D eigenvalue weighted by Gasteiger charge is 2.15. The minimum Gasteiger partial charge on any atom is -0.207 e. The van der Waals surface area contributed by atoms with Crippen LogP contribution in [0.5, 0.6) is 0 Å². The summed E-state index contributed by atoms with van der Waals surface area (Å²) in [5, 5.41) is -0.192. The smallest absolute Gasteiger partial charge is 0.127 e. The lowest BCUT2D eigenvalue weighted by Crippen LogP contribution is -2.00. The van der Waals surface area contributed by atoms with Crippen molar-refractivity contribution in [3.05, 3.63) is 69.7 Å². The van der Waals surface area contributed by atoms with Crippen LogP contribution in [0.1, 0.15) is 22.1 Å². The monoisotopic (exact) mass is 300 g/mol. The van der Waals surface area contributed by atoms with Crippen LogP contribution in [0.15, 0.2) is 36.4 Å². The predicted octanol–water partition coefficient (Wildman–Crippen LogP) is 5.45. The van der Waals surface area contributed by atoms with Gasteiger partial charge in [-0.25, -0.2) is 8.78 Å². The van der Waals surface area contributed by atoms with Gasteiger partial charge in [-0.15, -0.1) is 11.6 Å². The molecular formula is C15H12Cl2F2. The average molecular weight is 301 g/mol. The van der Waals surface area contributed by atoms with Crippen molar-refractivity contribution >= 4 is 23.2 Å². The molecule has 1 unspecified atom stereocenters. The van der Waals surface area contributed by atoms with Gasteiger partial charge in [0.2, 0.25) is 0 Å². The fraction of sp³-hybridized carbons (Fsp3) is 0.200. The molecule has 0 saturated heterocycles. The van der Waals surface area contributed by atoms with E-state index >= 15 is 0 Å². The first-order valence-electron chi connectivity index (χ1n) is 5.82. The maximum Gasteiger partial charge on any atom is 0.127 e. The number of alkyl halides is 1. The average Bonchev–Trinajstić information content (AvgIpc) is 2.37. The molecule has 2 rings (SSSR count). The zero-order valence-corrected chi connectivity index (χ0v) is 11.8. The Morgan fingerprint density at radius 3 is 2.47 bits per heavy atom. The zero-order chi connectivity index (χ0) is 14.0. The molecule has 0 bridgehead atoms. The summed E-state index contributed by atoms with van der Waals surface area (Å²) >= 11 is 12.2. The van der Waals surface area contributed by atoms with Crippen molar-refractivity contribution in [2.45, 2.75) is 18.7 Å². The van der Waals surface area contributed by atoms with Gasteiger partial charge in [0.1, 0.15) is 11.6 Å². The highest BCUT2D eigenvalue weighted by Crippen LogP contribution is 2.30. The Hall–Kier alpha value is -1.12. The predicted molar refractivity (Wildman–Crippen MR) is 74.8 cm³/mol. The molecule has 0 aromatic heterocycles. The molecule has 2 aromatic rings. The van der Waals surface area contributed by atoms with Crippen molar-refractivity contribution in [1.82, 2.24) is 0 Å². The van der Waals surface area contributed by atoms with Crippen molar-refractivity contribution in [2.75, 3.05) is 0 Å². The molecule has 0 aliphatic carbocycles. The van der Waals surface area contributed by atoms with Gasteiger partial charge >= 0.3 is 0 Å². The number of hydrogen-bond acceptors (Lipinski definition) is 0. The summed E-state index contributed by atoms with van der Waals surface area (Å²) < 4.78 is 27.1. The summed E-state index contributed by atoms with van der Waals surface area (Å²) in [6.07, 6.45) is 0.218. The summed E-state index contributed by atoms with van der Waals surface area (Å²) in [4.78, 5) is 0. The minimum absolute atomic E-state index is 0.218. The molecule has 19 heavy (non-hydrogen) atoms. The molecule has 0 nitrogen and oxygen atoms in total. The van der Waals surface area contributed by atoms with Gasteiger partial charge in [0.25, 0.3) is 0 Å². The molecule has 0 fully saturated rings. The molecule has 0 spiro atoms. The second kappa shape index (κ2) is 5.89. The Kier molecular flexibility index (Phi) is 4.43. The van der Waals surface area contributed by atoms with E-state index in [9.17, 15) is 8.78 Å². The Morgan fingerprint density at radius 1 is 1.11 bits per heavy atom. The van der Waals surface area contributed by atoms with Gasteiger partial charge in [-0.1, -0.05) is 29.8 Å². The lowest BCUT2D eigenvalue weighted by molar-refractivity contribution is 0.604. The van der Waals surface area contributed by atoms with Crippen LogP contribution in [-0.2, 0) is 6.42 Å². The van der Waals surface area contributed by atoms with Crippen molar-refractivity contribution in [3.63, 3.8) is 0 Å². The lowest BCUT2D eigenvalue weighted by Gasteiger charge is -2.12. The molecule has 0 amide bonds. The van der Waals surface area contributed by atoms with E-state index in [0.717, 1.165) is 0 Å². The zero-order valence-electron chi connectivity index (χ0n) is 10.3. The molecule has 2 aromatic carbocycles. The second-order valence-electron chi connectivity index (χ2n) is 4.38. The molecule has 0 heterocycles. The van der Waals surface area contributed by atoms with Gasteiger partial charge in [-0.3, -0.25) is 0 Å². The first kappa shape index (κ1) is 14.3. The summed E-state index contributed by atoms with van der Waals surface area (Å²) in [5.74, 6) is -0.714. The quantitative estimate of drug-likeness (QED) is 0.661. The van der Waals surface area contributed by atoms with E-state index in [2.05, 4.69) is 0 Å². The normalized spacial score (nSPS) is 12.5. The largest absolute Gasteiger partial charge is 0.207 e. The van der Waals surface area contributed by atoms with E-state index in [1.54, 1.807) is 25.1 Å². The molecule has 0 aliphatic heterocycles. The molecule has 0 N–H and O–H groups in total.